The molecule has 0 unspecified atom stereocenters. The van der Waals surface area contributed by atoms with Crippen molar-refractivity contribution < 1.29 is 4.79 Å². The molecule has 1 amide bonds. The van der Waals surface area contributed by atoms with Crippen LogP contribution in [0.5, 0.6) is 0 Å². The molecule has 0 aliphatic carbocycles. The normalized spacial score (nSPS) is 16.1. The van der Waals surface area contributed by atoms with Crippen molar-refractivity contribution in [3.63, 3.8) is 0 Å². The third-order valence-corrected chi connectivity index (χ3v) is 4.19. The fourth-order valence-corrected chi connectivity index (χ4v) is 2.89. The predicted octanol–water partition coefficient (Wildman–Crippen LogP) is 3.92. The Morgan fingerprint density at radius 2 is 1.90 bits per heavy atom. The topological polar surface area (TPSA) is 36.1 Å². The summed E-state index contributed by atoms with van der Waals surface area (Å²) in [7, 11) is 0. The molecule has 1 aliphatic rings. The van der Waals surface area contributed by atoms with Crippen molar-refractivity contribution in [2.24, 2.45) is 0 Å². The first-order valence-electron chi connectivity index (χ1n) is 7.57. The zero-order valence-electron chi connectivity index (χ0n) is 12.3. The Balaban J connectivity index is 1.90. The van der Waals surface area contributed by atoms with Gasteiger partial charge in [0.05, 0.1) is 0 Å². The first kappa shape index (κ1) is 13.2. The van der Waals surface area contributed by atoms with Crippen LogP contribution in [0.4, 0.5) is 0 Å². The van der Waals surface area contributed by atoms with Crippen LogP contribution in [0.25, 0.3) is 10.9 Å². The molecule has 20 heavy (non-hydrogen) atoms. The van der Waals surface area contributed by atoms with Gasteiger partial charge in [-0.1, -0.05) is 19.9 Å². The average Bonchev–Trinajstić information content (AvgIpc) is 2.90. The lowest BCUT2D eigenvalue weighted by Crippen LogP contribution is -2.35. The van der Waals surface area contributed by atoms with Gasteiger partial charge in [0.15, 0.2) is 0 Å². The summed E-state index contributed by atoms with van der Waals surface area (Å²) >= 11 is 0. The van der Waals surface area contributed by atoms with Crippen LogP contribution in [0.2, 0.25) is 0 Å². The van der Waals surface area contributed by atoms with Gasteiger partial charge in [-0.3, -0.25) is 4.79 Å². The van der Waals surface area contributed by atoms with Crippen LogP contribution in [-0.2, 0) is 0 Å². The summed E-state index contributed by atoms with van der Waals surface area (Å²) < 4.78 is 0. The van der Waals surface area contributed by atoms with Crippen LogP contribution in [0, 0.1) is 0 Å². The first-order chi connectivity index (χ1) is 9.65. The number of hydrogen-bond donors (Lipinski definition) is 1. The summed E-state index contributed by atoms with van der Waals surface area (Å²) in [6.07, 6.45) is 3.50. The van der Waals surface area contributed by atoms with Gasteiger partial charge in [0.25, 0.3) is 5.91 Å². The maximum absolute atomic E-state index is 12.5. The molecular formula is C17H22N2O. The molecular weight excluding hydrogens is 248 g/mol. The highest BCUT2D eigenvalue weighted by molar-refractivity contribution is 5.98. The smallest absolute Gasteiger partial charge is 0.270 e. The van der Waals surface area contributed by atoms with Crippen molar-refractivity contribution in [2.75, 3.05) is 13.1 Å². The molecule has 1 aromatic heterocycles. The van der Waals surface area contributed by atoms with Crippen LogP contribution in [0.1, 0.15) is 55.1 Å². The third kappa shape index (κ3) is 2.45. The zero-order valence-corrected chi connectivity index (χ0v) is 12.3. The van der Waals surface area contributed by atoms with E-state index in [0.717, 1.165) is 42.5 Å². The van der Waals surface area contributed by atoms with Crippen molar-refractivity contribution in [3.05, 3.63) is 35.5 Å². The molecule has 0 bridgehead atoms. The van der Waals surface area contributed by atoms with Gasteiger partial charge >= 0.3 is 0 Å². The van der Waals surface area contributed by atoms with E-state index in [2.05, 4.69) is 37.0 Å². The minimum Gasteiger partial charge on any atom is -0.351 e. The van der Waals surface area contributed by atoms with Crippen LogP contribution in [-0.4, -0.2) is 28.9 Å². The number of likely N-dealkylation sites (tertiary alicyclic amines) is 1. The number of carbonyl (C=O) groups is 1. The summed E-state index contributed by atoms with van der Waals surface area (Å²) in [6.45, 7) is 6.16. The largest absolute Gasteiger partial charge is 0.351 e. The van der Waals surface area contributed by atoms with E-state index >= 15 is 0 Å². The number of benzene rings is 1. The Morgan fingerprint density at radius 3 is 2.60 bits per heavy atom. The molecule has 0 atom stereocenters. The summed E-state index contributed by atoms with van der Waals surface area (Å²) in [5.41, 5.74) is 3.09. The van der Waals surface area contributed by atoms with E-state index < -0.39 is 0 Å². The van der Waals surface area contributed by atoms with Crippen molar-refractivity contribution in [1.29, 1.82) is 0 Å². The third-order valence-electron chi connectivity index (χ3n) is 4.19. The molecule has 1 aliphatic heterocycles. The fourth-order valence-electron chi connectivity index (χ4n) is 2.89. The molecule has 0 radical (unpaired) electrons. The molecule has 3 nitrogen and oxygen atoms in total. The second kappa shape index (κ2) is 5.31. The van der Waals surface area contributed by atoms with E-state index in [1.807, 2.05) is 11.0 Å². The number of nitrogens with zero attached hydrogens (tertiary/aromatic N) is 1. The summed E-state index contributed by atoms with van der Waals surface area (Å²) in [5.74, 6) is 0.655. The van der Waals surface area contributed by atoms with E-state index in [4.69, 9.17) is 0 Å². The number of hydrogen-bond acceptors (Lipinski definition) is 1. The van der Waals surface area contributed by atoms with Crippen LogP contribution < -0.4 is 0 Å². The van der Waals surface area contributed by atoms with E-state index in [0.29, 0.717) is 5.92 Å². The Labute approximate surface area is 120 Å². The first-order valence-corrected chi connectivity index (χ1v) is 7.57. The SMILES string of the molecule is CC(C)c1ccc2[nH]c(C(=O)N3CCCCC3)cc2c1. The molecule has 106 valence electrons. The highest BCUT2D eigenvalue weighted by atomic mass is 16.2. The molecule has 3 heteroatoms. The number of aromatic nitrogens is 1. The maximum Gasteiger partial charge on any atom is 0.270 e. The summed E-state index contributed by atoms with van der Waals surface area (Å²) in [5, 5.41) is 1.14. The Kier molecular flexibility index (Phi) is 3.51. The number of carbonyl (C=O) groups excluding carboxylic acids is 1. The number of amides is 1. The van der Waals surface area contributed by atoms with Crippen molar-refractivity contribution in [2.45, 2.75) is 39.0 Å². The van der Waals surface area contributed by atoms with E-state index in [-0.39, 0.29) is 5.91 Å². The highest BCUT2D eigenvalue weighted by Crippen LogP contribution is 2.23. The van der Waals surface area contributed by atoms with E-state index in [1.54, 1.807) is 0 Å². The van der Waals surface area contributed by atoms with E-state index in [9.17, 15) is 4.79 Å². The van der Waals surface area contributed by atoms with Crippen LogP contribution >= 0.6 is 0 Å². The zero-order chi connectivity index (χ0) is 14.1. The Morgan fingerprint density at radius 1 is 1.15 bits per heavy atom. The van der Waals surface area contributed by atoms with Gasteiger partial charge in [-0.25, -0.2) is 0 Å². The molecule has 1 N–H and O–H groups in total. The van der Waals surface area contributed by atoms with Gasteiger partial charge in [-0.15, -0.1) is 0 Å². The molecule has 0 spiro atoms. The lowest BCUT2D eigenvalue weighted by molar-refractivity contribution is 0.0719. The van der Waals surface area contributed by atoms with Gasteiger partial charge in [0.2, 0.25) is 0 Å². The molecule has 1 saturated heterocycles. The number of piperidine rings is 1. The number of H-pyrrole nitrogens is 1. The van der Waals surface area contributed by atoms with Gasteiger partial charge in [-0.05, 0) is 48.9 Å². The number of fused-ring (bicyclic) bond motifs is 1. The standard InChI is InChI=1S/C17H22N2O/c1-12(2)13-6-7-15-14(10-13)11-16(18-15)17(20)19-8-4-3-5-9-19/h6-7,10-12,18H,3-5,8-9H2,1-2H3. The van der Waals surface area contributed by atoms with Gasteiger partial charge in [-0.2, -0.15) is 0 Å². The van der Waals surface area contributed by atoms with Crippen LogP contribution in [0.15, 0.2) is 24.3 Å². The predicted molar refractivity (Wildman–Crippen MR) is 82.1 cm³/mol. The molecule has 2 heterocycles. The van der Waals surface area contributed by atoms with Crippen molar-refractivity contribution in [3.8, 4) is 0 Å². The van der Waals surface area contributed by atoms with Crippen molar-refractivity contribution >= 4 is 16.8 Å². The lowest BCUT2D eigenvalue weighted by atomic mass is 10.0. The molecule has 2 aromatic rings. The molecule has 1 aromatic carbocycles. The molecule has 1 fully saturated rings. The summed E-state index contributed by atoms with van der Waals surface area (Å²) in [6, 6.07) is 8.40. The number of aromatic amines is 1. The second-order valence-electron chi connectivity index (χ2n) is 6.04. The van der Waals surface area contributed by atoms with Gasteiger partial charge in [0.1, 0.15) is 5.69 Å². The summed E-state index contributed by atoms with van der Waals surface area (Å²) in [4.78, 5) is 17.7. The van der Waals surface area contributed by atoms with E-state index in [1.165, 1.54) is 12.0 Å². The molecule has 3 rings (SSSR count). The Hall–Kier alpha value is -1.77. The van der Waals surface area contributed by atoms with Gasteiger partial charge in [0, 0.05) is 24.0 Å². The van der Waals surface area contributed by atoms with Crippen molar-refractivity contribution in [1.82, 2.24) is 9.88 Å². The minimum absolute atomic E-state index is 0.145. The Bertz CT molecular complexity index is 621. The average molecular weight is 270 g/mol. The van der Waals surface area contributed by atoms with Crippen LogP contribution in [0.3, 0.4) is 0 Å². The monoisotopic (exact) mass is 270 g/mol. The lowest BCUT2D eigenvalue weighted by Gasteiger charge is -2.26. The quantitative estimate of drug-likeness (QED) is 0.882. The number of nitrogens with one attached hydrogen (secondary N) is 1. The molecule has 0 saturated carbocycles. The maximum atomic E-state index is 12.5. The fraction of sp³-hybridized carbons (Fsp3) is 0.471. The number of rotatable bonds is 2. The minimum atomic E-state index is 0.145. The van der Waals surface area contributed by atoms with Gasteiger partial charge < -0.3 is 9.88 Å². The highest BCUT2D eigenvalue weighted by Gasteiger charge is 2.19. The second-order valence-corrected chi connectivity index (χ2v) is 6.04.